The van der Waals surface area contributed by atoms with Gasteiger partial charge in [-0.1, -0.05) is 44.4 Å². The lowest BCUT2D eigenvalue weighted by Gasteiger charge is -2.42. The van der Waals surface area contributed by atoms with Crippen LogP contribution in [0, 0.1) is 24.2 Å². The van der Waals surface area contributed by atoms with Crippen LogP contribution in [-0.4, -0.2) is 10.7 Å². The normalized spacial score (nSPS) is 38.5. The maximum absolute atomic E-state index is 10.5. The molecule has 0 heterocycles. The van der Waals surface area contributed by atoms with Crippen molar-refractivity contribution in [1.29, 1.82) is 0 Å². The van der Waals surface area contributed by atoms with E-state index < -0.39 is 5.60 Å². The molecule has 0 aromatic heterocycles. The minimum Gasteiger partial charge on any atom is -0.377 e. The number of rotatable bonds is 1. The Morgan fingerprint density at radius 3 is 2.33 bits per heavy atom. The summed E-state index contributed by atoms with van der Waals surface area (Å²) in [5.41, 5.74) is -0.778. The zero-order valence-corrected chi connectivity index (χ0v) is 9.54. The predicted octanol–water partition coefficient (Wildman–Crippen LogP) is 3.12. The highest BCUT2D eigenvalue weighted by Gasteiger charge is 2.41. The summed E-state index contributed by atoms with van der Waals surface area (Å²) in [6.07, 6.45) is 16.5. The molecule has 1 N–H and O–H groups in total. The zero-order valence-electron chi connectivity index (χ0n) is 9.54. The molecular formula is C14H22O. The quantitative estimate of drug-likeness (QED) is 0.654. The lowest BCUT2D eigenvalue weighted by Crippen LogP contribution is -2.43. The third-order valence-corrected chi connectivity index (χ3v) is 4.41. The first-order chi connectivity index (χ1) is 7.26. The van der Waals surface area contributed by atoms with Crippen molar-refractivity contribution >= 4 is 0 Å². The van der Waals surface area contributed by atoms with E-state index in [1.807, 2.05) is 0 Å². The Bertz CT molecular complexity index is 247. The van der Waals surface area contributed by atoms with Crippen LogP contribution in [-0.2, 0) is 0 Å². The van der Waals surface area contributed by atoms with Crippen molar-refractivity contribution in [2.75, 3.05) is 0 Å². The van der Waals surface area contributed by atoms with Crippen LogP contribution in [0.2, 0.25) is 0 Å². The monoisotopic (exact) mass is 206 g/mol. The van der Waals surface area contributed by atoms with Gasteiger partial charge in [0, 0.05) is 5.92 Å². The van der Waals surface area contributed by atoms with Crippen molar-refractivity contribution in [2.45, 2.75) is 63.4 Å². The molecule has 2 unspecified atom stereocenters. The minimum absolute atomic E-state index is 0.386. The number of terminal acetylenes is 1. The molecule has 0 radical (unpaired) electrons. The Balaban J connectivity index is 2.07. The van der Waals surface area contributed by atoms with Crippen LogP contribution in [0.3, 0.4) is 0 Å². The second-order valence-corrected chi connectivity index (χ2v) is 5.32. The Morgan fingerprint density at radius 1 is 1.00 bits per heavy atom. The van der Waals surface area contributed by atoms with E-state index in [9.17, 15) is 5.11 Å². The zero-order chi connectivity index (χ0) is 10.7. The van der Waals surface area contributed by atoms with E-state index in [4.69, 9.17) is 6.42 Å². The summed E-state index contributed by atoms with van der Waals surface area (Å²) in [7, 11) is 0. The van der Waals surface area contributed by atoms with Gasteiger partial charge in [0.25, 0.3) is 0 Å². The molecule has 1 nitrogen and oxygen atoms in total. The fraction of sp³-hybridized carbons (Fsp3) is 0.857. The molecule has 84 valence electrons. The van der Waals surface area contributed by atoms with E-state index in [1.54, 1.807) is 0 Å². The summed E-state index contributed by atoms with van der Waals surface area (Å²) in [6, 6.07) is 0. The van der Waals surface area contributed by atoms with Crippen LogP contribution in [0.1, 0.15) is 57.8 Å². The third-order valence-electron chi connectivity index (χ3n) is 4.41. The fourth-order valence-electron chi connectivity index (χ4n) is 3.52. The van der Waals surface area contributed by atoms with E-state index in [1.165, 1.54) is 38.5 Å². The Kier molecular flexibility index (Phi) is 3.36. The van der Waals surface area contributed by atoms with Gasteiger partial charge in [-0.3, -0.25) is 0 Å². The van der Waals surface area contributed by atoms with Crippen LogP contribution in [0.5, 0.6) is 0 Å². The molecule has 0 aliphatic heterocycles. The molecule has 0 bridgehead atoms. The van der Waals surface area contributed by atoms with Gasteiger partial charge in [0.15, 0.2) is 0 Å². The van der Waals surface area contributed by atoms with E-state index in [0.717, 1.165) is 19.3 Å². The molecule has 0 spiro atoms. The summed E-state index contributed by atoms with van der Waals surface area (Å²) in [5, 5.41) is 10.5. The molecule has 2 rings (SSSR count). The topological polar surface area (TPSA) is 20.2 Å². The Morgan fingerprint density at radius 2 is 1.67 bits per heavy atom. The van der Waals surface area contributed by atoms with E-state index in [2.05, 4.69) is 5.92 Å². The standard InChI is InChI=1S/C14H22O/c1-2-14(15)11-7-6-10-13(14)12-8-4-3-5-9-12/h1,12-13,15H,3-11H2. The van der Waals surface area contributed by atoms with Crippen molar-refractivity contribution in [3.05, 3.63) is 0 Å². The summed E-state index contributed by atoms with van der Waals surface area (Å²) < 4.78 is 0. The first-order valence-electron chi connectivity index (χ1n) is 6.46. The van der Waals surface area contributed by atoms with Gasteiger partial charge >= 0.3 is 0 Å². The van der Waals surface area contributed by atoms with Crippen LogP contribution in [0.4, 0.5) is 0 Å². The summed E-state index contributed by atoms with van der Waals surface area (Å²) in [4.78, 5) is 0. The van der Waals surface area contributed by atoms with Crippen LogP contribution in [0.25, 0.3) is 0 Å². The smallest absolute Gasteiger partial charge is 0.128 e. The highest BCUT2D eigenvalue weighted by molar-refractivity contribution is 5.13. The van der Waals surface area contributed by atoms with E-state index >= 15 is 0 Å². The van der Waals surface area contributed by atoms with Crippen molar-refractivity contribution in [2.24, 2.45) is 11.8 Å². The second kappa shape index (κ2) is 4.58. The average Bonchev–Trinajstić information content (AvgIpc) is 2.31. The first-order valence-corrected chi connectivity index (χ1v) is 6.46. The van der Waals surface area contributed by atoms with Gasteiger partial charge in [0.05, 0.1) is 0 Å². The largest absolute Gasteiger partial charge is 0.377 e. The maximum Gasteiger partial charge on any atom is 0.128 e. The molecule has 2 fully saturated rings. The highest BCUT2D eigenvalue weighted by Crippen LogP contribution is 2.43. The highest BCUT2D eigenvalue weighted by atomic mass is 16.3. The van der Waals surface area contributed by atoms with Gasteiger partial charge in [-0.25, -0.2) is 0 Å². The lowest BCUT2D eigenvalue weighted by atomic mass is 9.66. The summed E-state index contributed by atoms with van der Waals surface area (Å²) >= 11 is 0. The first kappa shape index (κ1) is 11.0. The SMILES string of the molecule is C#CC1(O)CCCCC1C1CCCCC1. The van der Waals surface area contributed by atoms with Crippen LogP contribution in [0.15, 0.2) is 0 Å². The van der Waals surface area contributed by atoms with Crippen molar-refractivity contribution in [3.8, 4) is 12.3 Å². The lowest BCUT2D eigenvalue weighted by molar-refractivity contribution is -0.0308. The van der Waals surface area contributed by atoms with Gasteiger partial charge in [-0.2, -0.15) is 0 Å². The van der Waals surface area contributed by atoms with Gasteiger partial charge in [0.2, 0.25) is 0 Å². The van der Waals surface area contributed by atoms with Gasteiger partial charge in [-0.15, -0.1) is 6.42 Å². The molecule has 0 aromatic carbocycles. The van der Waals surface area contributed by atoms with E-state index in [0.29, 0.717) is 11.8 Å². The molecule has 0 aromatic rings. The average molecular weight is 206 g/mol. The molecule has 1 heteroatoms. The molecule has 0 amide bonds. The maximum atomic E-state index is 10.5. The Labute approximate surface area is 93.3 Å². The third kappa shape index (κ3) is 2.21. The second-order valence-electron chi connectivity index (χ2n) is 5.32. The Hall–Kier alpha value is -0.480. The number of hydrogen-bond acceptors (Lipinski definition) is 1. The van der Waals surface area contributed by atoms with Crippen LogP contribution >= 0.6 is 0 Å². The fourth-order valence-corrected chi connectivity index (χ4v) is 3.52. The molecular weight excluding hydrogens is 184 g/mol. The van der Waals surface area contributed by atoms with Gasteiger partial charge in [0.1, 0.15) is 5.60 Å². The van der Waals surface area contributed by atoms with Crippen molar-refractivity contribution < 1.29 is 5.11 Å². The van der Waals surface area contributed by atoms with Gasteiger partial charge < -0.3 is 5.11 Å². The number of hydrogen-bond donors (Lipinski definition) is 1. The molecule has 2 aliphatic rings. The van der Waals surface area contributed by atoms with Crippen LogP contribution < -0.4 is 0 Å². The molecule has 2 saturated carbocycles. The van der Waals surface area contributed by atoms with Gasteiger partial charge in [-0.05, 0) is 25.2 Å². The number of aliphatic hydroxyl groups is 1. The summed E-state index contributed by atoms with van der Waals surface area (Å²) in [6.45, 7) is 0. The van der Waals surface area contributed by atoms with E-state index in [-0.39, 0.29) is 0 Å². The molecule has 2 aliphatic carbocycles. The molecule has 15 heavy (non-hydrogen) atoms. The molecule has 2 atom stereocenters. The minimum atomic E-state index is -0.778. The van der Waals surface area contributed by atoms with Crippen molar-refractivity contribution in [1.82, 2.24) is 0 Å². The molecule has 0 saturated heterocycles. The summed E-state index contributed by atoms with van der Waals surface area (Å²) in [5.74, 6) is 3.76. The van der Waals surface area contributed by atoms with Crippen molar-refractivity contribution in [3.63, 3.8) is 0 Å². The predicted molar refractivity (Wildman–Crippen MR) is 62.3 cm³/mol.